The van der Waals surface area contributed by atoms with Crippen molar-refractivity contribution in [3.8, 4) is 0 Å². The van der Waals surface area contributed by atoms with Crippen molar-refractivity contribution in [1.29, 1.82) is 0 Å². The van der Waals surface area contributed by atoms with Crippen LogP contribution in [-0.2, 0) is 0 Å². The summed E-state index contributed by atoms with van der Waals surface area (Å²) in [6.07, 6.45) is 2.38. The van der Waals surface area contributed by atoms with E-state index in [1.54, 1.807) is 0 Å². The van der Waals surface area contributed by atoms with Gasteiger partial charge in [0, 0.05) is 6.04 Å². The quantitative estimate of drug-likeness (QED) is 0.427. The molecule has 1 aliphatic heterocycles. The van der Waals surface area contributed by atoms with Crippen molar-refractivity contribution >= 4 is 18.9 Å². The molecule has 1 heterocycles. The third-order valence-corrected chi connectivity index (χ3v) is 1.38. The topological polar surface area (TPSA) is 32.3 Å². The summed E-state index contributed by atoms with van der Waals surface area (Å²) in [5.74, 6) is 0. The summed E-state index contributed by atoms with van der Waals surface area (Å²) in [6, 6.07) is 0.403. The normalized spacial score (nSPS) is 27.4. The summed E-state index contributed by atoms with van der Waals surface area (Å²) < 4.78 is 0. The Labute approximate surface area is 61.8 Å². The third-order valence-electron chi connectivity index (χ3n) is 1.38. The third kappa shape index (κ3) is 2.19. The first-order chi connectivity index (χ1) is 3.43. The molecule has 0 aromatic rings. The van der Waals surface area contributed by atoms with Crippen LogP contribution in [0.3, 0.4) is 0 Å². The number of hydrogen-bond acceptors (Lipinski definition) is 2. The molecule has 2 N–H and O–H groups in total. The Morgan fingerprint density at radius 1 is 1.62 bits per heavy atom. The molecular formula is C5H12LiNO. The summed E-state index contributed by atoms with van der Waals surface area (Å²) in [5.41, 5.74) is 0. The molecule has 44 valence electrons. The predicted octanol–water partition coefficient (Wildman–Crippen LogP) is -0.918. The average molecular weight is 109 g/mol. The fourth-order valence-electron chi connectivity index (χ4n) is 0.913. The second-order valence-electron chi connectivity index (χ2n) is 1.98. The molecule has 0 aromatic carbocycles. The van der Waals surface area contributed by atoms with E-state index in [-0.39, 0.29) is 18.9 Å². The van der Waals surface area contributed by atoms with Gasteiger partial charge in [0.05, 0.1) is 6.61 Å². The van der Waals surface area contributed by atoms with E-state index in [0.29, 0.717) is 12.6 Å². The van der Waals surface area contributed by atoms with Crippen molar-refractivity contribution in [2.45, 2.75) is 18.9 Å². The summed E-state index contributed by atoms with van der Waals surface area (Å²) >= 11 is 0. The first-order valence-corrected chi connectivity index (χ1v) is 2.77. The van der Waals surface area contributed by atoms with Gasteiger partial charge in [0.15, 0.2) is 0 Å². The van der Waals surface area contributed by atoms with Gasteiger partial charge in [0.2, 0.25) is 0 Å². The van der Waals surface area contributed by atoms with Crippen molar-refractivity contribution < 1.29 is 5.11 Å². The van der Waals surface area contributed by atoms with Crippen LogP contribution in [0.25, 0.3) is 0 Å². The van der Waals surface area contributed by atoms with Crippen LogP contribution in [0.2, 0.25) is 0 Å². The van der Waals surface area contributed by atoms with E-state index >= 15 is 0 Å². The van der Waals surface area contributed by atoms with E-state index in [0.717, 1.165) is 13.0 Å². The van der Waals surface area contributed by atoms with Crippen molar-refractivity contribution in [2.75, 3.05) is 13.2 Å². The summed E-state index contributed by atoms with van der Waals surface area (Å²) in [4.78, 5) is 0. The second-order valence-corrected chi connectivity index (χ2v) is 1.98. The molecule has 8 heavy (non-hydrogen) atoms. The van der Waals surface area contributed by atoms with Gasteiger partial charge >= 0.3 is 18.9 Å². The van der Waals surface area contributed by atoms with Crippen molar-refractivity contribution in [1.82, 2.24) is 5.32 Å². The van der Waals surface area contributed by atoms with E-state index in [2.05, 4.69) is 5.32 Å². The Balaban J connectivity index is 0.000000490. The molecule has 1 rings (SSSR count). The zero-order chi connectivity index (χ0) is 5.11. The van der Waals surface area contributed by atoms with Gasteiger partial charge in [0.1, 0.15) is 0 Å². The van der Waals surface area contributed by atoms with Crippen LogP contribution >= 0.6 is 0 Å². The predicted molar refractivity (Wildman–Crippen MR) is 35.3 cm³/mol. The molecule has 0 bridgehead atoms. The van der Waals surface area contributed by atoms with Crippen LogP contribution in [-0.4, -0.2) is 43.2 Å². The molecule has 2 nitrogen and oxygen atoms in total. The van der Waals surface area contributed by atoms with Crippen LogP contribution < -0.4 is 5.32 Å². The van der Waals surface area contributed by atoms with Gasteiger partial charge in [-0.05, 0) is 19.4 Å². The fraction of sp³-hybridized carbons (Fsp3) is 1.00. The minimum atomic E-state index is 0. The standard InChI is InChI=1S/C5H11NO.Li.H/c7-4-5-2-1-3-6-5;;/h5-7H,1-4H2;;/t5-;;/m0../s1. The Kier molecular flexibility index (Phi) is 4.69. The molecule has 1 aliphatic rings. The molecule has 0 saturated carbocycles. The van der Waals surface area contributed by atoms with Crippen molar-refractivity contribution in [3.05, 3.63) is 0 Å². The molecule has 0 radical (unpaired) electrons. The van der Waals surface area contributed by atoms with Gasteiger partial charge in [-0.2, -0.15) is 0 Å². The first kappa shape index (κ1) is 8.52. The number of aliphatic hydroxyl groups excluding tert-OH is 1. The van der Waals surface area contributed by atoms with Crippen molar-refractivity contribution in [3.63, 3.8) is 0 Å². The van der Waals surface area contributed by atoms with Crippen LogP contribution in [0.4, 0.5) is 0 Å². The van der Waals surface area contributed by atoms with Gasteiger partial charge in [-0.15, -0.1) is 0 Å². The van der Waals surface area contributed by atoms with Crippen molar-refractivity contribution in [2.24, 2.45) is 0 Å². The van der Waals surface area contributed by atoms with Gasteiger partial charge < -0.3 is 10.4 Å². The van der Waals surface area contributed by atoms with Crippen LogP contribution in [0.5, 0.6) is 0 Å². The van der Waals surface area contributed by atoms with Crippen LogP contribution in [0.1, 0.15) is 12.8 Å². The summed E-state index contributed by atoms with van der Waals surface area (Å²) in [7, 11) is 0. The SMILES string of the molecule is OC[C@@H]1CCCN1.[LiH]. The molecule has 1 saturated heterocycles. The molecule has 1 fully saturated rings. The van der Waals surface area contributed by atoms with E-state index in [1.165, 1.54) is 6.42 Å². The summed E-state index contributed by atoms with van der Waals surface area (Å²) in [6.45, 7) is 1.39. The molecule has 1 atom stereocenters. The number of aliphatic hydroxyl groups is 1. The number of hydrogen-bond donors (Lipinski definition) is 2. The Morgan fingerprint density at radius 2 is 2.38 bits per heavy atom. The van der Waals surface area contributed by atoms with Gasteiger partial charge in [-0.3, -0.25) is 0 Å². The maximum absolute atomic E-state index is 8.50. The Hall–Kier alpha value is 0.517. The van der Waals surface area contributed by atoms with Crippen LogP contribution in [0, 0.1) is 0 Å². The summed E-state index contributed by atoms with van der Waals surface area (Å²) in [5, 5.41) is 11.7. The molecule has 0 aromatic heterocycles. The first-order valence-electron chi connectivity index (χ1n) is 2.77. The zero-order valence-electron chi connectivity index (χ0n) is 4.35. The number of nitrogens with one attached hydrogen (secondary N) is 1. The molecule has 0 spiro atoms. The molecule has 0 aliphatic carbocycles. The van der Waals surface area contributed by atoms with E-state index in [1.807, 2.05) is 0 Å². The van der Waals surface area contributed by atoms with E-state index in [9.17, 15) is 0 Å². The van der Waals surface area contributed by atoms with Gasteiger partial charge in [-0.25, -0.2) is 0 Å². The van der Waals surface area contributed by atoms with Gasteiger partial charge in [0.25, 0.3) is 0 Å². The molecular weight excluding hydrogens is 97.0 g/mol. The average Bonchev–Trinajstić information content (AvgIpc) is 2.14. The maximum atomic E-state index is 8.50. The fourth-order valence-corrected chi connectivity index (χ4v) is 0.913. The zero-order valence-corrected chi connectivity index (χ0v) is 4.35. The van der Waals surface area contributed by atoms with Gasteiger partial charge in [-0.1, -0.05) is 0 Å². The second kappa shape index (κ2) is 4.40. The van der Waals surface area contributed by atoms with E-state index in [4.69, 9.17) is 5.11 Å². The number of rotatable bonds is 1. The monoisotopic (exact) mass is 109 g/mol. The van der Waals surface area contributed by atoms with E-state index < -0.39 is 0 Å². The Bertz CT molecular complexity index is 54.4. The molecule has 0 amide bonds. The Morgan fingerprint density at radius 3 is 2.62 bits per heavy atom. The molecule has 0 unspecified atom stereocenters. The minimum absolute atomic E-state index is 0. The van der Waals surface area contributed by atoms with Crippen LogP contribution in [0.15, 0.2) is 0 Å². The molecule has 3 heteroatoms.